The van der Waals surface area contributed by atoms with Crippen molar-refractivity contribution in [3.8, 4) is 0 Å². The summed E-state index contributed by atoms with van der Waals surface area (Å²) in [5, 5.41) is 29.2. The van der Waals surface area contributed by atoms with Crippen LogP contribution in [0.3, 0.4) is 0 Å². The molecule has 6 nitrogen and oxygen atoms in total. The third-order valence-electron chi connectivity index (χ3n) is 1.90. The van der Waals surface area contributed by atoms with Crippen molar-refractivity contribution in [2.24, 2.45) is 5.18 Å². The molecule has 1 heterocycles. The monoisotopic (exact) mass is 219 g/mol. The zero-order valence-electron chi connectivity index (χ0n) is 8.45. The van der Waals surface area contributed by atoms with Crippen molar-refractivity contribution in [3.05, 3.63) is 17.6 Å². The highest BCUT2D eigenvalue weighted by Gasteiger charge is 2.30. The molecular formula is C9H17NO5. The largest absolute Gasteiger partial charge is 0.394 e. The first-order chi connectivity index (χ1) is 7.17. The standard InChI is InChI=1S/C6H12O4.C3H5NO/c7-3-5-6(9)4(8)1-2-10-5;1-2-3-4-5/h4-9H,1-3H2;2H,1,3H2. The van der Waals surface area contributed by atoms with Crippen LogP contribution in [0.4, 0.5) is 0 Å². The fraction of sp³-hybridized carbons (Fsp3) is 0.778. The third kappa shape index (κ3) is 5.58. The van der Waals surface area contributed by atoms with Crippen molar-refractivity contribution >= 4 is 0 Å². The molecule has 6 heteroatoms. The van der Waals surface area contributed by atoms with Crippen molar-refractivity contribution in [1.82, 2.24) is 0 Å². The third-order valence-corrected chi connectivity index (χ3v) is 1.90. The van der Waals surface area contributed by atoms with Gasteiger partial charge in [-0.15, -0.1) is 6.58 Å². The Morgan fingerprint density at radius 3 is 2.53 bits per heavy atom. The van der Waals surface area contributed by atoms with Gasteiger partial charge in [0, 0.05) is 6.61 Å². The van der Waals surface area contributed by atoms with Crippen LogP contribution >= 0.6 is 0 Å². The van der Waals surface area contributed by atoms with Gasteiger partial charge in [-0.3, -0.25) is 0 Å². The molecule has 0 aromatic rings. The van der Waals surface area contributed by atoms with Crippen molar-refractivity contribution in [1.29, 1.82) is 0 Å². The number of nitrogens with zero attached hydrogens (tertiary/aromatic N) is 1. The van der Waals surface area contributed by atoms with Gasteiger partial charge in [0.2, 0.25) is 0 Å². The minimum absolute atomic E-state index is 0.222. The van der Waals surface area contributed by atoms with E-state index in [0.717, 1.165) is 0 Å². The van der Waals surface area contributed by atoms with Crippen LogP contribution in [0.25, 0.3) is 0 Å². The molecule has 3 atom stereocenters. The van der Waals surface area contributed by atoms with Crippen LogP contribution in [0.1, 0.15) is 6.42 Å². The first kappa shape index (κ1) is 14.2. The van der Waals surface area contributed by atoms with Crippen molar-refractivity contribution in [3.63, 3.8) is 0 Å². The van der Waals surface area contributed by atoms with Gasteiger partial charge in [0.25, 0.3) is 0 Å². The van der Waals surface area contributed by atoms with E-state index < -0.39 is 18.3 Å². The molecule has 0 bridgehead atoms. The molecule has 1 fully saturated rings. The molecule has 1 rings (SSSR count). The summed E-state index contributed by atoms with van der Waals surface area (Å²) >= 11 is 0. The van der Waals surface area contributed by atoms with Gasteiger partial charge in [-0.1, -0.05) is 11.3 Å². The Labute approximate surface area is 88.2 Å². The minimum Gasteiger partial charge on any atom is -0.394 e. The van der Waals surface area contributed by atoms with Gasteiger partial charge < -0.3 is 20.1 Å². The molecule has 0 spiro atoms. The predicted octanol–water partition coefficient (Wildman–Crippen LogP) is -0.572. The Bertz CT molecular complexity index is 181. The second-order valence-corrected chi connectivity index (χ2v) is 3.04. The summed E-state index contributed by atoms with van der Waals surface area (Å²) in [5.41, 5.74) is 0. The smallest absolute Gasteiger partial charge is 0.109 e. The van der Waals surface area contributed by atoms with Crippen molar-refractivity contribution in [2.75, 3.05) is 19.8 Å². The van der Waals surface area contributed by atoms with E-state index in [1.807, 2.05) is 0 Å². The summed E-state index contributed by atoms with van der Waals surface area (Å²) in [6, 6.07) is 0. The van der Waals surface area contributed by atoms with Crippen LogP contribution in [0.5, 0.6) is 0 Å². The first-order valence-corrected chi connectivity index (χ1v) is 4.66. The van der Waals surface area contributed by atoms with Crippen LogP contribution in [0, 0.1) is 4.91 Å². The van der Waals surface area contributed by atoms with Crippen LogP contribution in [0.15, 0.2) is 17.8 Å². The summed E-state index contributed by atoms with van der Waals surface area (Å²) < 4.78 is 4.95. The Hall–Kier alpha value is -0.820. The van der Waals surface area contributed by atoms with Crippen LogP contribution in [-0.4, -0.2) is 53.4 Å². The van der Waals surface area contributed by atoms with Crippen molar-refractivity contribution in [2.45, 2.75) is 24.7 Å². The van der Waals surface area contributed by atoms with Gasteiger partial charge in [0.1, 0.15) is 12.2 Å². The van der Waals surface area contributed by atoms with Gasteiger partial charge in [-0.2, -0.15) is 4.91 Å². The highest BCUT2D eigenvalue weighted by atomic mass is 16.5. The minimum atomic E-state index is -0.932. The lowest BCUT2D eigenvalue weighted by atomic mass is 10.0. The van der Waals surface area contributed by atoms with E-state index in [4.69, 9.17) is 25.0 Å². The van der Waals surface area contributed by atoms with E-state index in [1.54, 1.807) is 0 Å². The number of ether oxygens (including phenoxy) is 1. The summed E-state index contributed by atoms with van der Waals surface area (Å²) in [4.78, 5) is 9.08. The summed E-state index contributed by atoms with van der Waals surface area (Å²) in [7, 11) is 0. The van der Waals surface area contributed by atoms with Crippen LogP contribution in [0.2, 0.25) is 0 Å². The Balaban J connectivity index is 0.000000336. The Kier molecular flexibility index (Phi) is 8.02. The molecule has 0 aromatic carbocycles. The zero-order chi connectivity index (χ0) is 11.7. The molecule has 0 amide bonds. The quantitative estimate of drug-likeness (QED) is 0.436. The molecule has 0 saturated carbocycles. The molecule has 1 saturated heterocycles. The number of aliphatic hydroxyl groups is 3. The van der Waals surface area contributed by atoms with E-state index in [2.05, 4.69) is 11.8 Å². The number of hydrogen-bond donors (Lipinski definition) is 3. The topological polar surface area (TPSA) is 99.4 Å². The SMILES string of the molecule is C=CCN=O.OCC1OCCC(O)C1O. The van der Waals surface area contributed by atoms with Gasteiger partial charge in [-0.25, -0.2) is 0 Å². The maximum atomic E-state index is 9.10. The normalized spacial score (nSPS) is 29.9. The first-order valence-electron chi connectivity index (χ1n) is 4.66. The molecule has 88 valence electrons. The van der Waals surface area contributed by atoms with E-state index >= 15 is 0 Å². The highest BCUT2D eigenvalue weighted by molar-refractivity contribution is 4.79. The molecule has 15 heavy (non-hydrogen) atoms. The Morgan fingerprint density at radius 1 is 1.53 bits per heavy atom. The maximum absolute atomic E-state index is 9.10. The van der Waals surface area contributed by atoms with E-state index in [0.29, 0.717) is 13.0 Å². The van der Waals surface area contributed by atoms with Gasteiger partial charge in [-0.05, 0) is 6.42 Å². The average Bonchev–Trinajstić information content (AvgIpc) is 2.24. The number of hydrogen-bond acceptors (Lipinski definition) is 6. The maximum Gasteiger partial charge on any atom is 0.109 e. The second kappa shape index (κ2) is 8.49. The highest BCUT2D eigenvalue weighted by Crippen LogP contribution is 2.13. The van der Waals surface area contributed by atoms with E-state index in [9.17, 15) is 0 Å². The summed E-state index contributed by atoms with van der Waals surface area (Å²) in [6.45, 7) is 3.65. The number of rotatable bonds is 3. The molecular weight excluding hydrogens is 202 g/mol. The molecule has 3 unspecified atom stereocenters. The molecule has 3 N–H and O–H groups in total. The molecule has 0 aromatic heterocycles. The summed E-state index contributed by atoms with van der Waals surface area (Å²) in [5.74, 6) is 0. The van der Waals surface area contributed by atoms with Gasteiger partial charge in [0.15, 0.2) is 0 Å². The van der Waals surface area contributed by atoms with Crippen LogP contribution in [-0.2, 0) is 4.74 Å². The van der Waals surface area contributed by atoms with Crippen LogP contribution < -0.4 is 0 Å². The fourth-order valence-electron chi connectivity index (χ4n) is 1.07. The second-order valence-electron chi connectivity index (χ2n) is 3.04. The van der Waals surface area contributed by atoms with E-state index in [-0.39, 0.29) is 13.2 Å². The lowest BCUT2D eigenvalue weighted by Gasteiger charge is -2.30. The number of aliphatic hydroxyl groups excluding tert-OH is 3. The lowest BCUT2D eigenvalue weighted by molar-refractivity contribution is -0.147. The molecule has 0 radical (unpaired) electrons. The lowest BCUT2D eigenvalue weighted by Crippen LogP contribution is -2.46. The van der Waals surface area contributed by atoms with Crippen molar-refractivity contribution < 1.29 is 20.1 Å². The predicted molar refractivity (Wildman–Crippen MR) is 54.3 cm³/mol. The summed E-state index contributed by atoms with van der Waals surface area (Å²) in [6.07, 6.45) is -0.390. The van der Waals surface area contributed by atoms with E-state index in [1.165, 1.54) is 6.08 Å². The zero-order valence-corrected chi connectivity index (χ0v) is 8.45. The number of nitroso groups, excluding NO2 is 1. The molecule has 1 aliphatic heterocycles. The Morgan fingerprint density at radius 2 is 2.20 bits per heavy atom. The van der Waals surface area contributed by atoms with Gasteiger partial charge >= 0.3 is 0 Å². The molecule has 0 aliphatic carbocycles. The molecule has 1 aliphatic rings. The van der Waals surface area contributed by atoms with Gasteiger partial charge in [0.05, 0.1) is 19.3 Å². The fourth-order valence-corrected chi connectivity index (χ4v) is 1.07. The average molecular weight is 219 g/mol.